The number of nitrogens with zero attached hydrogens (tertiary/aromatic N) is 2. The van der Waals surface area contributed by atoms with Crippen molar-refractivity contribution in [2.24, 2.45) is 15.6 Å². The summed E-state index contributed by atoms with van der Waals surface area (Å²) in [6, 6.07) is 20.4. The lowest BCUT2D eigenvalue weighted by atomic mass is 9.80. The fourth-order valence-corrected chi connectivity index (χ4v) is 4.41. The van der Waals surface area contributed by atoms with Gasteiger partial charge in [-0.15, -0.1) is 10.2 Å². The van der Waals surface area contributed by atoms with Crippen molar-refractivity contribution in [3.63, 3.8) is 0 Å². The maximum absolute atomic E-state index is 13.1. The quantitative estimate of drug-likeness (QED) is 0.0932. The number of aliphatic hydroxyl groups is 1. The molecular formula is C33H36N4O7. The first-order chi connectivity index (χ1) is 20.9. The highest BCUT2D eigenvalue weighted by molar-refractivity contribution is 6.04. The number of hydrogen-bond donors (Lipinski definition) is 3. The van der Waals surface area contributed by atoms with E-state index in [9.17, 15) is 24.3 Å². The predicted octanol–water partition coefficient (Wildman–Crippen LogP) is 6.93. The molecule has 0 heterocycles. The molecule has 0 saturated carbocycles. The van der Waals surface area contributed by atoms with Crippen molar-refractivity contribution in [2.75, 3.05) is 24.9 Å². The van der Waals surface area contributed by atoms with Gasteiger partial charge in [0.1, 0.15) is 11.4 Å². The number of amides is 2. The van der Waals surface area contributed by atoms with Crippen molar-refractivity contribution >= 4 is 40.8 Å². The average molecular weight is 601 g/mol. The molecule has 11 heteroatoms. The number of carbonyl (C=O) groups excluding carboxylic acids is 4. The van der Waals surface area contributed by atoms with Gasteiger partial charge in [-0.25, -0.2) is 9.59 Å². The van der Waals surface area contributed by atoms with E-state index in [1.807, 2.05) is 44.2 Å². The molecule has 1 atom stereocenters. The van der Waals surface area contributed by atoms with E-state index in [0.717, 1.165) is 5.56 Å². The van der Waals surface area contributed by atoms with E-state index in [4.69, 9.17) is 9.47 Å². The molecule has 0 aliphatic rings. The molecule has 0 spiro atoms. The first kappa shape index (κ1) is 33.2. The Morgan fingerprint density at radius 3 is 2.02 bits per heavy atom. The zero-order valence-corrected chi connectivity index (χ0v) is 25.5. The Bertz CT molecular complexity index is 1580. The van der Waals surface area contributed by atoms with Crippen LogP contribution < -0.4 is 10.6 Å². The lowest BCUT2D eigenvalue weighted by Gasteiger charge is -2.27. The summed E-state index contributed by atoms with van der Waals surface area (Å²) in [6.07, 6.45) is 0.648. The largest absolute Gasteiger partial charge is 0.510 e. The van der Waals surface area contributed by atoms with Crippen LogP contribution in [-0.4, -0.2) is 43.1 Å². The summed E-state index contributed by atoms with van der Waals surface area (Å²) >= 11 is 0. The van der Waals surface area contributed by atoms with Crippen LogP contribution in [0.3, 0.4) is 0 Å². The number of azo groups is 1. The van der Waals surface area contributed by atoms with Gasteiger partial charge in [-0.1, -0.05) is 51.1 Å². The molecule has 0 aromatic heterocycles. The second-order valence-electron chi connectivity index (χ2n) is 10.7. The highest BCUT2D eigenvalue weighted by Crippen LogP contribution is 2.33. The molecule has 230 valence electrons. The third-order valence-electron chi connectivity index (χ3n) is 6.84. The van der Waals surface area contributed by atoms with Crippen molar-refractivity contribution in [3.8, 4) is 0 Å². The average Bonchev–Trinajstić information content (AvgIpc) is 3.01. The van der Waals surface area contributed by atoms with Crippen LogP contribution in [0.1, 0.15) is 66.3 Å². The van der Waals surface area contributed by atoms with E-state index < -0.39 is 34.7 Å². The Balaban J connectivity index is 1.71. The van der Waals surface area contributed by atoms with Gasteiger partial charge in [0.15, 0.2) is 5.70 Å². The molecule has 0 fully saturated rings. The monoisotopic (exact) mass is 600 g/mol. The number of ether oxygens (including phenoxy) is 2. The summed E-state index contributed by atoms with van der Waals surface area (Å²) in [5.41, 5.74) is 0.988. The second-order valence-corrected chi connectivity index (χ2v) is 10.7. The molecule has 0 aliphatic carbocycles. The van der Waals surface area contributed by atoms with Crippen LogP contribution in [0.4, 0.5) is 17.1 Å². The Kier molecular flexibility index (Phi) is 11.1. The molecule has 1 unspecified atom stereocenters. The molecule has 11 nitrogen and oxygen atoms in total. The zero-order chi connectivity index (χ0) is 32.4. The Hall–Kier alpha value is -5.32. The lowest BCUT2D eigenvalue weighted by Crippen LogP contribution is -2.32. The number of aliphatic hydroxyl groups excluding tert-OH is 1. The van der Waals surface area contributed by atoms with Crippen LogP contribution in [-0.2, 0) is 19.1 Å². The minimum atomic E-state index is -0.787. The highest BCUT2D eigenvalue weighted by atomic mass is 16.5. The van der Waals surface area contributed by atoms with Gasteiger partial charge in [0.2, 0.25) is 5.91 Å². The van der Waals surface area contributed by atoms with Crippen LogP contribution in [0.15, 0.2) is 94.5 Å². The SMILES string of the molecule is COC(=O)c1ccc(C(=O)OC)c(N=NC(C(=O)Nc2ccc(NC(=O)C(C)(C)CC(C)c3ccccc3)cc2)=C(C)O)c1. The van der Waals surface area contributed by atoms with Crippen LogP contribution in [0, 0.1) is 5.41 Å². The van der Waals surface area contributed by atoms with Crippen LogP contribution in [0.5, 0.6) is 0 Å². The van der Waals surface area contributed by atoms with Gasteiger partial charge in [0.05, 0.1) is 25.3 Å². The first-order valence-corrected chi connectivity index (χ1v) is 13.8. The molecule has 3 aromatic carbocycles. The fourth-order valence-electron chi connectivity index (χ4n) is 4.41. The molecule has 3 aromatic rings. The highest BCUT2D eigenvalue weighted by Gasteiger charge is 2.30. The number of nitrogens with one attached hydrogen (secondary N) is 2. The van der Waals surface area contributed by atoms with Gasteiger partial charge in [0, 0.05) is 16.8 Å². The fraction of sp³-hybridized carbons (Fsp3) is 0.273. The van der Waals surface area contributed by atoms with Crippen molar-refractivity contribution in [2.45, 2.75) is 40.0 Å². The normalized spacial score (nSPS) is 12.6. The van der Waals surface area contributed by atoms with Gasteiger partial charge in [-0.05, 0) is 67.3 Å². The van der Waals surface area contributed by atoms with E-state index in [0.29, 0.717) is 17.8 Å². The van der Waals surface area contributed by atoms with Crippen LogP contribution >= 0.6 is 0 Å². The molecule has 0 radical (unpaired) electrons. The van der Waals surface area contributed by atoms with Crippen molar-refractivity contribution < 1.29 is 33.8 Å². The molecule has 0 bridgehead atoms. The van der Waals surface area contributed by atoms with E-state index in [1.165, 1.54) is 39.3 Å². The maximum atomic E-state index is 13.1. The maximum Gasteiger partial charge on any atom is 0.340 e. The minimum absolute atomic E-state index is 0.0189. The van der Waals surface area contributed by atoms with Gasteiger partial charge in [-0.2, -0.15) is 0 Å². The summed E-state index contributed by atoms with van der Waals surface area (Å²) < 4.78 is 9.45. The van der Waals surface area contributed by atoms with Gasteiger partial charge in [0.25, 0.3) is 5.91 Å². The topological polar surface area (TPSA) is 156 Å². The molecule has 3 rings (SSSR count). The number of methoxy groups -OCH3 is 2. The smallest absolute Gasteiger partial charge is 0.340 e. The molecule has 3 N–H and O–H groups in total. The second kappa shape index (κ2) is 14.7. The summed E-state index contributed by atoms with van der Waals surface area (Å²) in [5.74, 6) is -2.59. The summed E-state index contributed by atoms with van der Waals surface area (Å²) in [7, 11) is 2.38. The number of anilines is 2. The molecule has 0 aliphatic heterocycles. The minimum Gasteiger partial charge on any atom is -0.510 e. The van der Waals surface area contributed by atoms with Crippen LogP contribution in [0.2, 0.25) is 0 Å². The first-order valence-electron chi connectivity index (χ1n) is 13.8. The van der Waals surface area contributed by atoms with E-state index in [2.05, 4.69) is 27.8 Å². The molecule has 0 saturated heterocycles. The van der Waals surface area contributed by atoms with Gasteiger partial charge >= 0.3 is 11.9 Å². The number of hydrogen-bond acceptors (Lipinski definition) is 9. The molecular weight excluding hydrogens is 564 g/mol. The van der Waals surface area contributed by atoms with Crippen molar-refractivity contribution in [1.82, 2.24) is 0 Å². The number of benzene rings is 3. The number of rotatable bonds is 11. The van der Waals surface area contributed by atoms with Crippen molar-refractivity contribution in [3.05, 3.63) is 101 Å². The van der Waals surface area contributed by atoms with E-state index >= 15 is 0 Å². The van der Waals surface area contributed by atoms with Gasteiger partial charge in [-0.3, -0.25) is 9.59 Å². The molecule has 44 heavy (non-hydrogen) atoms. The zero-order valence-electron chi connectivity index (χ0n) is 25.5. The van der Waals surface area contributed by atoms with E-state index in [-0.39, 0.29) is 28.6 Å². The Labute approximate surface area is 256 Å². The third-order valence-corrected chi connectivity index (χ3v) is 6.84. The number of carbonyl (C=O) groups is 4. The third kappa shape index (κ3) is 8.60. The summed E-state index contributed by atoms with van der Waals surface area (Å²) in [4.78, 5) is 50.2. The lowest BCUT2D eigenvalue weighted by molar-refractivity contribution is -0.124. The van der Waals surface area contributed by atoms with Crippen LogP contribution in [0.25, 0.3) is 0 Å². The standard InChI is InChI=1S/C33H36N4O7/c1-20(22-10-8-7-9-11-22)19-33(3,4)32(42)35-25-15-13-24(14-16-25)34-29(39)28(21(2)38)37-36-27-18-23(30(40)43-5)12-17-26(27)31(41)44-6/h7-18,20,38H,19H2,1-6H3,(H,34,39)(H,35,42). The number of esters is 2. The number of allylic oxidation sites excluding steroid dienone is 1. The van der Waals surface area contributed by atoms with E-state index in [1.54, 1.807) is 24.3 Å². The van der Waals surface area contributed by atoms with Gasteiger partial charge < -0.3 is 25.2 Å². The summed E-state index contributed by atoms with van der Waals surface area (Å²) in [5, 5.41) is 23.5. The predicted molar refractivity (Wildman–Crippen MR) is 166 cm³/mol. The van der Waals surface area contributed by atoms with Crippen molar-refractivity contribution in [1.29, 1.82) is 0 Å². The Morgan fingerprint density at radius 2 is 1.45 bits per heavy atom. The summed E-state index contributed by atoms with van der Waals surface area (Å²) in [6.45, 7) is 7.14. The molecule has 2 amide bonds. The Morgan fingerprint density at radius 1 is 0.864 bits per heavy atom.